The molecule has 2 aliphatic heterocycles. The van der Waals surface area contributed by atoms with Gasteiger partial charge in [0, 0.05) is 23.1 Å². The van der Waals surface area contributed by atoms with Crippen molar-refractivity contribution < 1.29 is 29.1 Å². The first kappa shape index (κ1) is 21.0. The number of hydrogen-bond donors (Lipinski definition) is 4. The molecule has 0 aromatic rings. The Hall–Kier alpha value is -1.33. The Morgan fingerprint density at radius 1 is 1.42 bits per heavy atom. The number of thioether (sulfide) groups is 1. The topological polar surface area (TPSA) is 131 Å². The van der Waals surface area contributed by atoms with Crippen molar-refractivity contribution >= 4 is 30.8 Å². The molecule has 2 aliphatic rings. The molecule has 0 saturated heterocycles. The number of nitrogens with one attached hydrogen (secondary N) is 1. The fourth-order valence-electron chi connectivity index (χ4n) is 2.75. The van der Waals surface area contributed by atoms with E-state index >= 15 is 0 Å². The van der Waals surface area contributed by atoms with E-state index in [9.17, 15) is 14.6 Å². The van der Waals surface area contributed by atoms with Gasteiger partial charge < -0.3 is 30.6 Å². The monoisotopic (exact) mass is 384 g/mol. The highest BCUT2D eigenvalue weighted by molar-refractivity contribution is 8.04. The Morgan fingerprint density at radius 3 is 2.96 bits per heavy atom. The molecule has 3 atom stereocenters. The van der Waals surface area contributed by atoms with E-state index in [0.717, 1.165) is 11.3 Å². The van der Waals surface area contributed by atoms with Crippen molar-refractivity contribution in [2.75, 3.05) is 19.8 Å². The predicted molar refractivity (Wildman–Crippen MR) is 99.4 cm³/mol. The van der Waals surface area contributed by atoms with Crippen LogP contribution in [0.5, 0.6) is 0 Å². The first-order chi connectivity index (χ1) is 12.5. The van der Waals surface area contributed by atoms with E-state index in [1.54, 1.807) is 23.9 Å². The SMILES string of the molecule is NCCOCC1=CCC(CC(=O)N[C@H]2CC=C[C@H](CC(=O)O)OB2O)S1. The van der Waals surface area contributed by atoms with Crippen LogP contribution < -0.4 is 11.1 Å². The number of ether oxygens (including phenoxy) is 1. The summed E-state index contributed by atoms with van der Waals surface area (Å²) < 4.78 is 10.7. The second kappa shape index (κ2) is 10.7. The van der Waals surface area contributed by atoms with E-state index in [4.69, 9.17) is 20.2 Å². The number of hydrogen-bond acceptors (Lipinski definition) is 7. The highest BCUT2D eigenvalue weighted by atomic mass is 32.2. The van der Waals surface area contributed by atoms with Gasteiger partial charge in [0.2, 0.25) is 5.91 Å². The van der Waals surface area contributed by atoms with E-state index in [1.165, 1.54) is 0 Å². The Bertz CT molecular complexity index is 559. The van der Waals surface area contributed by atoms with Crippen LogP contribution in [-0.2, 0) is 19.0 Å². The molecule has 5 N–H and O–H groups in total. The summed E-state index contributed by atoms with van der Waals surface area (Å²) in [6.07, 6.45) is 5.99. The fourth-order valence-corrected chi connectivity index (χ4v) is 3.95. The molecule has 0 aliphatic carbocycles. The minimum absolute atomic E-state index is 0.144. The van der Waals surface area contributed by atoms with Gasteiger partial charge in [-0.3, -0.25) is 9.59 Å². The highest BCUT2D eigenvalue weighted by Gasteiger charge is 2.33. The predicted octanol–water partition coefficient (Wildman–Crippen LogP) is 0.0655. The molecule has 2 rings (SSSR count). The first-order valence-corrected chi connectivity index (χ1v) is 9.50. The molecule has 10 heteroatoms. The van der Waals surface area contributed by atoms with E-state index < -0.39 is 25.1 Å². The van der Waals surface area contributed by atoms with Crippen molar-refractivity contribution in [1.29, 1.82) is 0 Å². The van der Waals surface area contributed by atoms with Gasteiger partial charge in [-0.2, -0.15) is 0 Å². The zero-order chi connectivity index (χ0) is 18.9. The van der Waals surface area contributed by atoms with E-state index in [2.05, 4.69) is 11.4 Å². The quantitative estimate of drug-likeness (QED) is 0.250. The fraction of sp³-hybridized carbons (Fsp3) is 0.625. The smallest absolute Gasteiger partial charge is 0.478 e. The summed E-state index contributed by atoms with van der Waals surface area (Å²) in [7, 11) is -1.24. The van der Waals surface area contributed by atoms with Gasteiger partial charge in [0.1, 0.15) is 0 Å². The minimum Gasteiger partial charge on any atom is -0.481 e. The van der Waals surface area contributed by atoms with Gasteiger partial charge in [0.15, 0.2) is 0 Å². The molecule has 144 valence electrons. The summed E-state index contributed by atoms with van der Waals surface area (Å²) in [5.74, 6) is -1.77. The average Bonchev–Trinajstić information content (AvgIpc) is 2.93. The van der Waals surface area contributed by atoms with Crippen molar-refractivity contribution in [3.05, 3.63) is 23.1 Å². The minimum atomic E-state index is -1.24. The largest absolute Gasteiger partial charge is 0.481 e. The third-order valence-corrected chi connectivity index (χ3v) is 5.25. The second-order valence-corrected chi connectivity index (χ2v) is 7.62. The second-order valence-electron chi connectivity index (χ2n) is 6.19. The van der Waals surface area contributed by atoms with Crippen molar-refractivity contribution in [2.24, 2.45) is 5.73 Å². The number of aliphatic carboxylic acids is 1. The first-order valence-electron chi connectivity index (χ1n) is 8.62. The molecule has 0 bridgehead atoms. The number of nitrogens with two attached hydrogens (primary N) is 1. The lowest BCUT2D eigenvalue weighted by Gasteiger charge is -2.21. The number of carbonyl (C=O) groups excluding carboxylic acids is 1. The zero-order valence-electron chi connectivity index (χ0n) is 14.5. The standard InChI is InChI=1S/C16H25BN2O6S/c18-6-7-24-10-13-5-4-12(26-13)9-15(20)19-14-3-1-2-11(8-16(21)22)25-17(14)23/h1-2,5,11-12,14,23H,3-4,6-10,18H2,(H,19,20)(H,21,22)/t11-,12?,14+/m1/s1. The molecule has 8 nitrogen and oxygen atoms in total. The van der Waals surface area contributed by atoms with Crippen molar-refractivity contribution in [3.8, 4) is 0 Å². The maximum absolute atomic E-state index is 12.3. The molecule has 0 radical (unpaired) electrons. The molecule has 0 aromatic heterocycles. The summed E-state index contributed by atoms with van der Waals surface area (Å²) in [5, 5.41) is 21.8. The zero-order valence-corrected chi connectivity index (χ0v) is 15.3. The van der Waals surface area contributed by atoms with Crippen LogP contribution >= 0.6 is 11.8 Å². The third-order valence-electron chi connectivity index (χ3n) is 3.97. The van der Waals surface area contributed by atoms with Crippen LogP contribution in [0.4, 0.5) is 0 Å². The van der Waals surface area contributed by atoms with Crippen LogP contribution in [0.1, 0.15) is 25.7 Å². The maximum Gasteiger partial charge on any atom is 0.478 e. The molecule has 0 aromatic carbocycles. The molecule has 1 unspecified atom stereocenters. The summed E-state index contributed by atoms with van der Waals surface area (Å²) in [5.41, 5.74) is 5.38. The molecule has 26 heavy (non-hydrogen) atoms. The lowest BCUT2D eigenvalue weighted by atomic mass is 9.77. The van der Waals surface area contributed by atoms with Gasteiger partial charge in [-0.25, -0.2) is 0 Å². The van der Waals surface area contributed by atoms with Gasteiger partial charge in [0.05, 0.1) is 31.7 Å². The molecular formula is C16H25BN2O6S. The maximum atomic E-state index is 12.3. The van der Waals surface area contributed by atoms with Crippen LogP contribution in [0.2, 0.25) is 0 Å². The number of allylic oxidation sites excluding steroid dienone is 1. The van der Waals surface area contributed by atoms with Crippen LogP contribution in [0.25, 0.3) is 0 Å². The van der Waals surface area contributed by atoms with Gasteiger partial charge in [-0.15, -0.1) is 11.8 Å². The molecular weight excluding hydrogens is 359 g/mol. The summed E-state index contributed by atoms with van der Waals surface area (Å²) in [4.78, 5) is 24.1. The van der Waals surface area contributed by atoms with Crippen molar-refractivity contribution in [1.82, 2.24) is 5.32 Å². The van der Waals surface area contributed by atoms with Gasteiger partial charge in [0.25, 0.3) is 0 Å². The Balaban J connectivity index is 1.73. The Labute approximate surface area is 157 Å². The van der Waals surface area contributed by atoms with Crippen LogP contribution in [0, 0.1) is 0 Å². The van der Waals surface area contributed by atoms with E-state index in [0.29, 0.717) is 32.6 Å². The summed E-state index contributed by atoms with van der Waals surface area (Å²) in [6.45, 7) is 1.52. The summed E-state index contributed by atoms with van der Waals surface area (Å²) >= 11 is 1.63. The van der Waals surface area contributed by atoms with Crippen molar-refractivity contribution in [2.45, 2.75) is 43.0 Å². The van der Waals surface area contributed by atoms with E-state index in [-0.39, 0.29) is 17.6 Å². The Morgan fingerprint density at radius 2 is 2.23 bits per heavy atom. The number of carbonyl (C=O) groups is 2. The van der Waals surface area contributed by atoms with Crippen LogP contribution in [0.3, 0.4) is 0 Å². The molecule has 1 amide bonds. The lowest BCUT2D eigenvalue weighted by Crippen LogP contribution is -2.48. The number of carboxylic acid groups (broad SMARTS) is 1. The summed E-state index contributed by atoms with van der Waals surface area (Å²) in [6, 6.07) is 0. The number of carboxylic acids is 1. The normalized spacial score (nSPS) is 25.7. The molecule has 0 spiro atoms. The van der Waals surface area contributed by atoms with E-state index in [1.807, 2.05) is 0 Å². The molecule has 0 fully saturated rings. The van der Waals surface area contributed by atoms with Gasteiger partial charge in [-0.1, -0.05) is 18.2 Å². The number of amides is 1. The lowest BCUT2D eigenvalue weighted by molar-refractivity contribution is -0.138. The van der Waals surface area contributed by atoms with Gasteiger partial charge in [-0.05, 0) is 12.8 Å². The Kier molecular flexibility index (Phi) is 8.66. The highest BCUT2D eigenvalue weighted by Crippen LogP contribution is 2.34. The molecule has 2 heterocycles. The van der Waals surface area contributed by atoms with Crippen LogP contribution in [0.15, 0.2) is 23.1 Å². The number of rotatable bonds is 9. The average molecular weight is 384 g/mol. The molecule has 0 saturated carbocycles. The third kappa shape index (κ3) is 7.12. The van der Waals surface area contributed by atoms with Crippen molar-refractivity contribution in [3.63, 3.8) is 0 Å². The van der Waals surface area contributed by atoms with Gasteiger partial charge >= 0.3 is 13.1 Å². The van der Waals surface area contributed by atoms with Crippen LogP contribution in [-0.4, -0.2) is 66.2 Å².